The van der Waals surface area contributed by atoms with Crippen LogP contribution in [0.1, 0.15) is 30.8 Å². The molecule has 0 saturated carbocycles. The minimum absolute atomic E-state index is 0.116. The lowest BCUT2D eigenvalue weighted by molar-refractivity contribution is -0.127. The Morgan fingerprint density at radius 3 is 2.80 bits per heavy atom. The van der Waals surface area contributed by atoms with Crippen LogP contribution in [0.4, 0.5) is 0 Å². The maximum Gasteiger partial charge on any atom is 0.260 e. The van der Waals surface area contributed by atoms with Gasteiger partial charge in [-0.15, -0.1) is 10.2 Å². The van der Waals surface area contributed by atoms with Gasteiger partial charge in [-0.1, -0.05) is 23.9 Å². The molecule has 1 atom stereocenters. The van der Waals surface area contributed by atoms with Gasteiger partial charge in [0.05, 0.1) is 0 Å². The molecular weight excluding hydrogens is 336 g/mol. The fourth-order valence-electron chi connectivity index (χ4n) is 2.37. The highest BCUT2D eigenvalue weighted by molar-refractivity contribution is 7.99. The molecule has 0 aliphatic carbocycles. The zero-order valence-electron chi connectivity index (χ0n) is 15.5. The highest BCUT2D eigenvalue weighted by atomic mass is 32.2. The summed E-state index contributed by atoms with van der Waals surface area (Å²) in [4.78, 5) is 12.2. The van der Waals surface area contributed by atoms with Gasteiger partial charge in [0.1, 0.15) is 11.6 Å². The summed E-state index contributed by atoms with van der Waals surface area (Å²) in [6.45, 7) is 11.1. The summed E-state index contributed by atoms with van der Waals surface area (Å²) in [6, 6.07) is 5.98. The summed E-state index contributed by atoms with van der Waals surface area (Å²) in [5.74, 6) is 2.28. The fourth-order valence-corrected chi connectivity index (χ4v) is 3.27. The first-order chi connectivity index (χ1) is 11.9. The van der Waals surface area contributed by atoms with Gasteiger partial charge in [0, 0.05) is 18.8 Å². The third-order valence-electron chi connectivity index (χ3n) is 3.87. The van der Waals surface area contributed by atoms with Gasteiger partial charge < -0.3 is 14.6 Å². The Hall–Kier alpha value is -2.02. The quantitative estimate of drug-likeness (QED) is 0.578. The maximum atomic E-state index is 12.2. The number of nitrogens with one attached hydrogen (secondary N) is 1. The number of aryl methyl sites for hydroxylation is 3. The molecule has 1 heterocycles. The first-order valence-electron chi connectivity index (χ1n) is 8.46. The van der Waals surface area contributed by atoms with E-state index in [-0.39, 0.29) is 5.91 Å². The Labute approximate surface area is 153 Å². The van der Waals surface area contributed by atoms with Gasteiger partial charge in [-0.05, 0) is 51.8 Å². The van der Waals surface area contributed by atoms with Crippen molar-refractivity contribution in [2.45, 2.75) is 52.4 Å². The van der Waals surface area contributed by atoms with Crippen molar-refractivity contribution >= 4 is 17.7 Å². The van der Waals surface area contributed by atoms with Crippen LogP contribution in [0.25, 0.3) is 0 Å². The molecule has 136 valence electrons. The first-order valence-corrected chi connectivity index (χ1v) is 9.45. The van der Waals surface area contributed by atoms with Crippen LogP contribution in [-0.4, -0.2) is 39.1 Å². The Morgan fingerprint density at radius 2 is 2.08 bits per heavy atom. The number of carbonyl (C=O) groups excluding carboxylic acids is 1. The zero-order valence-corrected chi connectivity index (χ0v) is 16.3. The number of benzene rings is 1. The van der Waals surface area contributed by atoms with E-state index in [0.29, 0.717) is 6.54 Å². The number of hydrogen-bond donors (Lipinski definition) is 1. The monoisotopic (exact) mass is 362 g/mol. The van der Waals surface area contributed by atoms with Gasteiger partial charge in [-0.25, -0.2) is 0 Å². The standard InChI is InChI=1S/C18H26N4O2S/c1-6-22-15(5)20-21-18(22)25-10-9-19-17(23)14(4)24-16-11-12(2)7-8-13(16)3/h7-8,11,14H,6,9-10H2,1-5H3,(H,19,23)/t14-/m1/s1. The van der Waals surface area contributed by atoms with Crippen molar-refractivity contribution in [3.63, 3.8) is 0 Å². The largest absolute Gasteiger partial charge is 0.481 e. The molecule has 6 nitrogen and oxygen atoms in total. The van der Waals surface area contributed by atoms with Crippen molar-refractivity contribution < 1.29 is 9.53 Å². The van der Waals surface area contributed by atoms with Crippen LogP contribution in [0.5, 0.6) is 5.75 Å². The minimum Gasteiger partial charge on any atom is -0.481 e. The average molecular weight is 362 g/mol. The van der Waals surface area contributed by atoms with Crippen LogP contribution in [0.15, 0.2) is 23.4 Å². The van der Waals surface area contributed by atoms with Gasteiger partial charge in [-0.3, -0.25) is 4.79 Å². The van der Waals surface area contributed by atoms with Crippen LogP contribution in [0.3, 0.4) is 0 Å². The third kappa shape index (κ3) is 5.22. The molecule has 25 heavy (non-hydrogen) atoms. The van der Waals surface area contributed by atoms with Crippen LogP contribution in [0, 0.1) is 20.8 Å². The van der Waals surface area contributed by atoms with E-state index in [9.17, 15) is 4.79 Å². The van der Waals surface area contributed by atoms with E-state index in [4.69, 9.17) is 4.74 Å². The highest BCUT2D eigenvalue weighted by Crippen LogP contribution is 2.20. The highest BCUT2D eigenvalue weighted by Gasteiger charge is 2.15. The molecule has 0 aliphatic heterocycles. The number of thioether (sulfide) groups is 1. The Morgan fingerprint density at radius 1 is 1.32 bits per heavy atom. The second-order valence-corrected chi connectivity index (χ2v) is 7.00. The first kappa shape index (κ1) is 19.3. The van der Waals surface area contributed by atoms with Gasteiger partial charge in [0.15, 0.2) is 11.3 Å². The summed E-state index contributed by atoms with van der Waals surface area (Å²) in [7, 11) is 0. The number of amides is 1. The summed E-state index contributed by atoms with van der Waals surface area (Å²) >= 11 is 1.59. The zero-order chi connectivity index (χ0) is 18.4. The van der Waals surface area contributed by atoms with Crippen LogP contribution < -0.4 is 10.1 Å². The molecule has 2 aromatic rings. The van der Waals surface area contributed by atoms with E-state index in [2.05, 4.69) is 27.0 Å². The van der Waals surface area contributed by atoms with Crippen molar-refractivity contribution in [1.29, 1.82) is 0 Å². The van der Waals surface area contributed by atoms with Crippen molar-refractivity contribution in [2.24, 2.45) is 0 Å². The molecule has 0 bridgehead atoms. The molecular formula is C18H26N4O2S. The number of hydrogen-bond acceptors (Lipinski definition) is 5. The third-order valence-corrected chi connectivity index (χ3v) is 4.84. The van der Waals surface area contributed by atoms with Crippen molar-refractivity contribution in [3.05, 3.63) is 35.2 Å². The topological polar surface area (TPSA) is 69.0 Å². The van der Waals surface area contributed by atoms with Crippen molar-refractivity contribution in [3.8, 4) is 5.75 Å². The lowest BCUT2D eigenvalue weighted by atomic mass is 10.1. The van der Waals surface area contributed by atoms with E-state index in [1.807, 2.05) is 39.0 Å². The SMILES string of the molecule is CCn1c(C)nnc1SCCNC(=O)[C@@H](C)Oc1cc(C)ccc1C. The fraction of sp³-hybridized carbons (Fsp3) is 0.500. The van der Waals surface area contributed by atoms with Crippen LogP contribution >= 0.6 is 11.8 Å². The Kier molecular flexibility index (Phi) is 6.87. The predicted molar refractivity (Wildman–Crippen MR) is 100 cm³/mol. The van der Waals surface area contributed by atoms with E-state index in [1.165, 1.54) is 0 Å². The second-order valence-electron chi connectivity index (χ2n) is 5.94. The lowest BCUT2D eigenvalue weighted by Crippen LogP contribution is -2.37. The van der Waals surface area contributed by atoms with Crippen molar-refractivity contribution in [2.75, 3.05) is 12.3 Å². The molecule has 0 saturated heterocycles. The maximum absolute atomic E-state index is 12.2. The van der Waals surface area contributed by atoms with E-state index in [0.717, 1.165) is 40.2 Å². The Balaban J connectivity index is 1.78. The number of nitrogens with zero attached hydrogens (tertiary/aromatic N) is 3. The normalized spacial score (nSPS) is 12.0. The van der Waals surface area contributed by atoms with Gasteiger partial charge in [-0.2, -0.15) is 0 Å². The van der Waals surface area contributed by atoms with E-state index >= 15 is 0 Å². The van der Waals surface area contributed by atoms with Gasteiger partial charge in [0.25, 0.3) is 5.91 Å². The molecule has 2 rings (SSSR count). The summed E-state index contributed by atoms with van der Waals surface area (Å²) < 4.78 is 7.85. The summed E-state index contributed by atoms with van der Waals surface area (Å²) in [5, 5.41) is 12.0. The Bertz CT molecular complexity index is 730. The van der Waals surface area contributed by atoms with Crippen LogP contribution in [0.2, 0.25) is 0 Å². The molecule has 1 aromatic carbocycles. The van der Waals surface area contributed by atoms with Gasteiger partial charge >= 0.3 is 0 Å². The molecule has 0 unspecified atom stereocenters. The second kappa shape index (κ2) is 8.89. The number of carbonyl (C=O) groups is 1. The van der Waals surface area contributed by atoms with Crippen LogP contribution in [-0.2, 0) is 11.3 Å². The number of ether oxygens (including phenoxy) is 1. The van der Waals surface area contributed by atoms with E-state index in [1.54, 1.807) is 18.7 Å². The minimum atomic E-state index is -0.535. The number of rotatable bonds is 8. The molecule has 0 spiro atoms. The summed E-state index contributed by atoms with van der Waals surface area (Å²) in [6.07, 6.45) is -0.535. The number of aromatic nitrogens is 3. The molecule has 1 aromatic heterocycles. The lowest BCUT2D eigenvalue weighted by Gasteiger charge is -2.16. The molecule has 0 radical (unpaired) electrons. The average Bonchev–Trinajstić information content (AvgIpc) is 2.94. The summed E-state index contributed by atoms with van der Waals surface area (Å²) in [5.41, 5.74) is 2.13. The van der Waals surface area contributed by atoms with Gasteiger partial charge in [0.2, 0.25) is 0 Å². The molecule has 1 N–H and O–H groups in total. The molecule has 0 fully saturated rings. The smallest absolute Gasteiger partial charge is 0.260 e. The molecule has 7 heteroatoms. The molecule has 0 aliphatic rings. The van der Waals surface area contributed by atoms with Crippen molar-refractivity contribution in [1.82, 2.24) is 20.1 Å². The van der Waals surface area contributed by atoms with E-state index < -0.39 is 6.10 Å². The molecule has 1 amide bonds. The predicted octanol–water partition coefficient (Wildman–Crippen LogP) is 2.90.